The molecule has 1 saturated heterocycles. The van der Waals surface area contributed by atoms with E-state index in [4.69, 9.17) is 9.47 Å². The summed E-state index contributed by atoms with van der Waals surface area (Å²) < 4.78 is 10.6. The predicted molar refractivity (Wildman–Crippen MR) is 66.3 cm³/mol. The topological polar surface area (TPSA) is 38.8 Å². The molecule has 0 aliphatic carbocycles. The van der Waals surface area contributed by atoms with Crippen molar-refractivity contribution in [2.45, 2.75) is 6.29 Å². The van der Waals surface area contributed by atoms with Crippen molar-refractivity contribution in [3.8, 4) is 0 Å². The van der Waals surface area contributed by atoms with Gasteiger partial charge in [0.05, 0.1) is 18.7 Å². The summed E-state index contributed by atoms with van der Waals surface area (Å²) in [5, 5.41) is 0. The van der Waals surface area contributed by atoms with E-state index in [1.807, 2.05) is 25.2 Å². The van der Waals surface area contributed by atoms with E-state index in [0.717, 1.165) is 6.54 Å². The van der Waals surface area contributed by atoms with Crippen LogP contribution in [0.4, 0.5) is 0 Å². The number of esters is 1. The minimum Gasteiger partial charge on any atom is -0.431 e. The summed E-state index contributed by atoms with van der Waals surface area (Å²) in [7, 11) is 1.98. The van der Waals surface area contributed by atoms with Gasteiger partial charge in [-0.1, -0.05) is 18.2 Å². The van der Waals surface area contributed by atoms with Crippen LogP contribution < -0.4 is 0 Å². The Morgan fingerprint density at radius 3 is 2.76 bits per heavy atom. The molecule has 0 N–H and O–H groups in total. The zero-order valence-corrected chi connectivity index (χ0v) is 10.5. The Kier molecular flexibility index (Phi) is 5.41. The molecule has 4 nitrogen and oxygen atoms in total. The highest BCUT2D eigenvalue weighted by Gasteiger charge is 2.21. The lowest BCUT2D eigenvalue weighted by molar-refractivity contribution is -0.146. The molecule has 0 radical (unpaired) electrons. The van der Waals surface area contributed by atoms with Crippen molar-refractivity contribution in [1.29, 1.82) is 0 Å². The largest absolute Gasteiger partial charge is 0.431 e. The lowest BCUT2D eigenvalue weighted by Gasteiger charge is -2.29. The minimum atomic E-state index is -0.452. The van der Waals surface area contributed by atoms with Gasteiger partial charge >= 0.3 is 5.97 Å². The number of benzene rings is 1. The highest BCUT2D eigenvalue weighted by molar-refractivity contribution is 5.89. The molecule has 17 heavy (non-hydrogen) atoms. The zero-order chi connectivity index (χ0) is 11.4. The third kappa shape index (κ3) is 4.00. The van der Waals surface area contributed by atoms with Crippen molar-refractivity contribution in [2.24, 2.45) is 0 Å². The van der Waals surface area contributed by atoms with Crippen LogP contribution in [0.3, 0.4) is 0 Å². The van der Waals surface area contributed by atoms with Gasteiger partial charge in [-0.25, -0.2) is 4.79 Å². The monoisotopic (exact) mass is 257 g/mol. The van der Waals surface area contributed by atoms with Crippen molar-refractivity contribution in [3.05, 3.63) is 35.9 Å². The summed E-state index contributed by atoms with van der Waals surface area (Å²) in [4.78, 5) is 13.8. The Bertz CT molecular complexity index is 358. The van der Waals surface area contributed by atoms with Crippen molar-refractivity contribution in [2.75, 3.05) is 26.7 Å². The quantitative estimate of drug-likeness (QED) is 0.754. The molecule has 0 spiro atoms. The van der Waals surface area contributed by atoms with E-state index in [9.17, 15) is 4.79 Å². The normalized spacial score (nSPS) is 20.4. The lowest BCUT2D eigenvalue weighted by atomic mass is 10.2. The highest BCUT2D eigenvalue weighted by Crippen LogP contribution is 2.08. The Hall–Kier alpha value is -1.10. The van der Waals surface area contributed by atoms with Gasteiger partial charge in [0.15, 0.2) is 0 Å². The smallest absolute Gasteiger partial charge is 0.340 e. The second kappa shape index (κ2) is 6.59. The summed E-state index contributed by atoms with van der Waals surface area (Å²) >= 11 is 0. The third-order valence-electron chi connectivity index (χ3n) is 2.49. The van der Waals surface area contributed by atoms with E-state index in [0.29, 0.717) is 18.7 Å². The van der Waals surface area contributed by atoms with Gasteiger partial charge in [0.25, 0.3) is 0 Å². The first-order valence-corrected chi connectivity index (χ1v) is 5.32. The van der Waals surface area contributed by atoms with Crippen molar-refractivity contribution in [1.82, 2.24) is 4.90 Å². The van der Waals surface area contributed by atoms with Crippen LogP contribution in [0.2, 0.25) is 0 Å². The molecule has 94 valence electrons. The SMILES string of the molecule is CN1CCOC(OC(=O)c2ccccc2)C1.Cl. The summed E-state index contributed by atoms with van der Waals surface area (Å²) in [6.07, 6.45) is -0.452. The van der Waals surface area contributed by atoms with Gasteiger partial charge in [-0.2, -0.15) is 0 Å². The Labute approximate surface area is 107 Å². The molecule has 1 aromatic carbocycles. The molecule has 1 aliphatic rings. The zero-order valence-electron chi connectivity index (χ0n) is 9.67. The van der Waals surface area contributed by atoms with Crippen LogP contribution in [0.1, 0.15) is 10.4 Å². The number of rotatable bonds is 2. The molecule has 0 aromatic heterocycles. The molecular weight excluding hydrogens is 242 g/mol. The van der Waals surface area contributed by atoms with Gasteiger partial charge in [-0.15, -0.1) is 12.4 Å². The Morgan fingerprint density at radius 2 is 2.12 bits per heavy atom. The van der Waals surface area contributed by atoms with Gasteiger partial charge in [0.1, 0.15) is 0 Å². The second-order valence-corrected chi connectivity index (χ2v) is 3.83. The number of hydrogen-bond donors (Lipinski definition) is 0. The van der Waals surface area contributed by atoms with E-state index in [1.165, 1.54) is 0 Å². The highest BCUT2D eigenvalue weighted by atomic mass is 35.5. The van der Waals surface area contributed by atoms with E-state index >= 15 is 0 Å². The number of carbonyl (C=O) groups is 1. The van der Waals surface area contributed by atoms with E-state index < -0.39 is 6.29 Å². The molecular formula is C12H16ClNO3. The minimum absolute atomic E-state index is 0. The summed E-state index contributed by atoms with van der Waals surface area (Å²) in [5.41, 5.74) is 0.555. The average molecular weight is 258 g/mol. The molecule has 1 unspecified atom stereocenters. The first-order chi connectivity index (χ1) is 7.75. The van der Waals surface area contributed by atoms with Gasteiger partial charge in [0.2, 0.25) is 6.29 Å². The first kappa shape index (κ1) is 14.0. The van der Waals surface area contributed by atoms with Crippen LogP contribution in [0.5, 0.6) is 0 Å². The van der Waals surface area contributed by atoms with Gasteiger partial charge in [-0.05, 0) is 19.2 Å². The number of nitrogens with zero attached hydrogens (tertiary/aromatic N) is 1. The molecule has 0 saturated carbocycles. The molecule has 1 heterocycles. The Morgan fingerprint density at radius 1 is 1.41 bits per heavy atom. The molecule has 0 amide bonds. The molecule has 2 rings (SSSR count). The van der Waals surface area contributed by atoms with E-state index in [1.54, 1.807) is 12.1 Å². The number of halogens is 1. The standard InChI is InChI=1S/C12H15NO3.ClH/c1-13-7-8-15-11(9-13)16-12(14)10-5-3-2-4-6-10;/h2-6,11H,7-9H2,1H3;1H. The van der Waals surface area contributed by atoms with Gasteiger partial charge in [-0.3, -0.25) is 4.90 Å². The molecule has 1 fully saturated rings. The van der Waals surface area contributed by atoms with Crippen molar-refractivity contribution < 1.29 is 14.3 Å². The summed E-state index contributed by atoms with van der Waals surface area (Å²) in [6.45, 7) is 2.10. The number of carbonyl (C=O) groups excluding carboxylic acids is 1. The molecule has 1 aromatic rings. The average Bonchev–Trinajstić information content (AvgIpc) is 2.30. The number of likely N-dealkylation sites (N-methyl/N-ethyl adjacent to an activating group) is 1. The maximum absolute atomic E-state index is 11.7. The van der Waals surface area contributed by atoms with E-state index in [2.05, 4.69) is 4.90 Å². The predicted octanol–water partition coefficient (Wildman–Crippen LogP) is 1.55. The fourth-order valence-corrected chi connectivity index (χ4v) is 1.57. The van der Waals surface area contributed by atoms with Crippen molar-refractivity contribution >= 4 is 18.4 Å². The van der Waals surface area contributed by atoms with Crippen LogP contribution in [-0.2, 0) is 9.47 Å². The second-order valence-electron chi connectivity index (χ2n) is 3.83. The fraction of sp³-hybridized carbons (Fsp3) is 0.417. The van der Waals surface area contributed by atoms with Crippen LogP contribution in [0.15, 0.2) is 30.3 Å². The number of hydrogen-bond acceptors (Lipinski definition) is 4. The van der Waals surface area contributed by atoms with Crippen molar-refractivity contribution in [3.63, 3.8) is 0 Å². The molecule has 1 aliphatic heterocycles. The molecule has 0 bridgehead atoms. The maximum atomic E-state index is 11.7. The van der Waals surface area contributed by atoms with Crippen LogP contribution >= 0.6 is 12.4 Å². The fourth-order valence-electron chi connectivity index (χ4n) is 1.57. The van der Waals surface area contributed by atoms with Crippen LogP contribution in [0, 0.1) is 0 Å². The molecule has 1 atom stereocenters. The summed E-state index contributed by atoms with van der Waals surface area (Å²) in [6, 6.07) is 8.94. The first-order valence-electron chi connectivity index (χ1n) is 5.32. The number of ether oxygens (including phenoxy) is 2. The number of morpholine rings is 1. The third-order valence-corrected chi connectivity index (χ3v) is 2.49. The summed E-state index contributed by atoms with van der Waals surface area (Å²) in [5.74, 6) is -0.332. The van der Waals surface area contributed by atoms with Crippen LogP contribution in [0.25, 0.3) is 0 Å². The maximum Gasteiger partial charge on any atom is 0.340 e. The molecule has 5 heteroatoms. The van der Waals surface area contributed by atoms with Gasteiger partial charge in [0, 0.05) is 6.54 Å². The lowest BCUT2D eigenvalue weighted by Crippen LogP contribution is -2.42. The van der Waals surface area contributed by atoms with Crippen LogP contribution in [-0.4, -0.2) is 43.9 Å². The van der Waals surface area contributed by atoms with Gasteiger partial charge < -0.3 is 9.47 Å². The Balaban J connectivity index is 0.00000144. The van der Waals surface area contributed by atoms with E-state index in [-0.39, 0.29) is 18.4 Å².